The van der Waals surface area contributed by atoms with Gasteiger partial charge in [0.1, 0.15) is 15.7 Å². The van der Waals surface area contributed by atoms with Gasteiger partial charge in [-0.25, -0.2) is 18.2 Å². The maximum Gasteiger partial charge on any atom is 0.335 e. The largest absolute Gasteiger partial charge is 0.495 e. The lowest BCUT2D eigenvalue weighted by Gasteiger charge is -2.14. The highest BCUT2D eigenvalue weighted by Gasteiger charge is 2.23. The third kappa shape index (κ3) is 3.72. The molecule has 9 heteroatoms. The summed E-state index contributed by atoms with van der Waals surface area (Å²) in [5, 5.41) is 9.89. The minimum absolute atomic E-state index is 0.0463. The number of carboxylic acid groups (broad SMARTS) is 1. The van der Waals surface area contributed by atoms with Crippen molar-refractivity contribution in [2.24, 2.45) is 0 Å². The molecule has 0 saturated heterocycles. The van der Waals surface area contributed by atoms with Crippen molar-refractivity contribution in [3.05, 3.63) is 72.3 Å². The minimum atomic E-state index is -4.13. The van der Waals surface area contributed by atoms with Crippen molar-refractivity contribution in [3.8, 4) is 16.3 Å². The molecular weight excluding hydrogens is 424 g/mol. The highest BCUT2D eigenvalue weighted by molar-refractivity contribution is 7.92. The summed E-state index contributed by atoms with van der Waals surface area (Å²) in [6.45, 7) is 0. The van der Waals surface area contributed by atoms with Crippen LogP contribution in [0.4, 0.5) is 5.69 Å². The number of anilines is 1. The summed E-state index contributed by atoms with van der Waals surface area (Å²) < 4.78 is 34.9. The third-order valence-electron chi connectivity index (χ3n) is 4.40. The SMILES string of the molecule is COc1ccc(C(=O)O)cc1S(=O)(=O)Nc1ccccc1-c1nc2ccccc2s1. The van der Waals surface area contributed by atoms with Gasteiger partial charge in [-0.2, -0.15) is 0 Å². The summed E-state index contributed by atoms with van der Waals surface area (Å²) >= 11 is 1.45. The van der Waals surface area contributed by atoms with Gasteiger partial charge in [0, 0.05) is 5.56 Å². The Bertz CT molecular complexity index is 1330. The van der Waals surface area contributed by atoms with Crippen LogP contribution in [0.15, 0.2) is 71.6 Å². The summed E-state index contributed by atoms with van der Waals surface area (Å²) in [7, 11) is -2.81. The number of rotatable bonds is 6. The molecule has 0 radical (unpaired) electrons. The van der Waals surface area contributed by atoms with Gasteiger partial charge in [-0.1, -0.05) is 24.3 Å². The Morgan fingerprint density at radius 2 is 1.80 bits per heavy atom. The second-order valence-corrected chi connectivity index (χ2v) is 8.99. The molecule has 0 saturated carbocycles. The lowest BCUT2D eigenvalue weighted by Crippen LogP contribution is -2.15. The first-order valence-electron chi connectivity index (χ1n) is 8.78. The van der Waals surface area contributed by atoms with Crippen LogP contribution in [0.25, 0.3) is 20.8 Å². The van der Waals surface area contributed by atoms with Crippen molar-refractivity contribution in [2.75, 3.05) is 11.8 Å². The lowest BCUT2D eigenvalue weighted by atomic mass is 10.2. The van der Waals surface area contributed by atoms with Crippen molar-refractivity contribution >= 4 is 43.2 Å². The molecule has 4 rings (SSSR count). The average molecular weight is 441 g/mol. The van der Waals surface area contributed by atoms with Gasteiger partial charge in [0.25, 0.3) is 10.0 Å². The number of para-hydroxylation sites is 2. The summed E-state index contributed by atoms with van der Waals surface area (Å²) in [5.41, 5.74) is 1.62. The Morgan fingerprint density at radius 1 is 1.07 bits per heavy atom. The van der Waals surface area contributed by atoms with E-state index in [0.29, 0.717) is 16.3 Å². The van der Waals surface area contributed by atoms with Crippen LogP contribution in [0, 0.1) is 0 Å². The van der Waals surface area contributed by atoms with Crippen LogP contribution in [0.3, 0.4) is 0 Å². The molecule has 0 aliphatic carbocycles. The van der Waals surface area contributed by atoms with Crippen LogP contribution in [0.2, 0.25) is 0 Å². The minimum Gasteiger partial charge on any atom is -0.495 e. The van der Waals surface area contributed by atoms with E-state index in [4.69, 9.17) is 4.74 Å². The van der Waals surface area contributed by atoms with Gasteiger partial charge in [-0.05, 0) is 42.5 Å². The van der Waals surface area contributed by atoms with E-state index in [0.717, 1.165) is 16.3 Å². The number of aromatic carboxylic acids is 1. The number of ether oxygens (including phenoxy) is 1. The first-order valence-corrected chi connectivity index (χ1v) is 11.1. The van der Waals surface area contributed by atoms with E-state index in [1.807, 2.05) is 24.3 Å². The number of nitrogens with zero attached hydrogens (tertiary/aromatic N) is 1. The summed E-state index contributed by atoms with van der Waals surface area (Å²) in [5.74, 6) is -1.19. The van der Waals surface area contributed by atoms with Gasteiger partial charge in [0.15, 0.2) is 0 Å². The zero-order valence-corrected chi connectivity index (χ0v) is 17.3. The van der Waals surface area contributed by atoms with E-state index >= 15 is 0 Å². The number of thiazole rings is 1. The summed E-state index contributed by atoms with van der Waals surface area (Å²) in [4.78, 5) is 15.6. The predicted molar refractivity (Wildman–Crippen MR) is 116 cm³/mol. The molecule has 1 heterocycles. The fraction of sp³-hybridized carbons (Fsp3) is 0.0476. The molecule has 0 aliphatic heterocycles. The van der Waals surface area contributed by atoms with Gasteiger partial charge in [0.2, 0.25) is 0 Å². The number of benzene rings is 3. The molecule has 0 amide bonds. The zero-order valence-electron chi connectivity index (χ0n) is 15.7. The predicted octanol–water partition coefficient (Wildman–Crippen LogP) is 4.47. The molecule has 152 valence electrons. The van der Waals surface area contributed by atoms with Gasteiger partial charge in [-0.15, -0.1) is 11.3 Å². The first-order chi connectivity index (χ1) is 14.4. The van der Waals surface area contributed by atoms with Crippen molar-refractivity contribution in [1.29, 1.82) is 0 Å². The number of aromatic nitrogens is 1. The maximum atomic E-state index is 13.1. The Labute approximate surface area is 176 Å². The fourth-order valence-corrected chi connectivity index (χ4v) is 5.25. The molecule has 0 fully saturated rings. The standard InChI is InChI=1S/C21H16N2O5S2/c1-28-17-11-10-13(21(24)25)12-19(17)30(26,27)23-15-7-3-2-6-14(15)20-22-16-8-4-5-9-18(16)29-20/h2-12,23H,1H3,(H,24,25). The number of fused-ring (bicyclic) bond motifs is 1. The molecule has 0 atom stereocenters. The Hall–Kier alpha value is -3.43. The van der Waals surface area contributed by atoms with Crippen LogP contribution >= 0.6 is 11.3 Å². The Kier molecular flexibility index (Phi) is 5.15. The number of nitrogens with one attached hydrogen (secondary N) is 1. The zero-order chi connectivity index (χ0) is 21.3. The molecular formula is C21H16N2O5S2. The van der Waals surface area contributed by atoms with E-state index in [-0.39, 0.29) is 16.2 Å². The van der Waals surface area contributed by atoms with Crippen molar-refractivity contribution in [2.45, 2.75) is 4.90 Å². The highest BCUT2D eigenvalue weighted by Crippen LogP contribution is 2.36. The smallest absolute Gasteiger partial charge is 0.335 e. The molecule has 4 aromatic rings. The quantitative estimate of drug-likeness (QED) is 0.458. The molecule has 30 heavy (non-hydrogen) atoms. The molecule has 0 spiro atoms. The molecule has 7 nitrogen and oxygen atoms in total. The van der Waals surface area contributed by atoms with Gasteiger partial charge in [0.05, 0.1) is 28.6 Å². The Balaban J connectivity index is 1.78. The summed E-state index contributed by atoms with van der Waals surface area (Å²) in [6.07, 6.45) is 0. The number of carbonyl (C=O) groups is 1. The van der Waals surface area contributed by atoms with Gasteiger partial charge in [-0.3, -0.25) is 4.72 Å². The van der Waals surface area contributed by atoms with Gasteiger partial charge >= 0.3 is 5.97 Å². The second kappa shape index (κ2) is 7.77. The average Bonchev–Trinajstić information content (AvgIpc) is 3.17. The number of carboxylic acids is 1. The number of sulfonamides is 1. The second-order valence-electron chi connectivity index (χ2n) is 6.31. The van der Waals surface area contributed by atoms with E-state index in [1.54, 1.807) is 24.3 Å². The van der Waals surface area contributed by atoms with Crippen LogP contribution in [0.1, 0.15) is 10.4 Å². The maximum absolute atomic E-state index is 13.1. The number of hydrogen-bond donors (Lipinski definition) is 2. The molecule has 0 aliphatic rings. The van der Waals surface area contributed by atoms with Crippen LogP contribution in [-0.4, -0.2) is 31.6 Å². The van der Waals surface area contributed by atoms with Crippen LogP contribution in [0.5, 0.6) is 5.75 Å². The summed E-state index contributed by atoms with van der Waals surface area (Å²) in [6, 6.07) is 18.2. The van der Waals surface area contributed by atoms with Crippen molar-refractivity contribution in [1.82, 2.24) is 4.98 Å². The normalized spacial score (nSPS) is 11.4. The van der Waals surface area contributed by atoms with Crippen molar-refractivity contribution in [3.63, 3.8) is 0 Å². The fourth-order valence-electron chi connectivity index (χ4n) is 2.97. The number of methoxy groups -OCH3 is 1. The van der Waals surface area contributed by atoms with E-state index in [9.17, 15) is 18.3 Å². The van der Waals surface area contributed by atoms with E-state index < -0.39 is 16.0 Å². The molecule has 3 aromatic carbocycles. The van der Waals surface area contributed by atoms with Crippen LogP contribution in [-0.2, 0) is 10.0 Å². The third-order valence-corrected chi connectivity index (χ3v) is 6.85. The van der Waals surface area contributed by atoms with E-state index in [2.05, 4.69) is 9.71 Å². The topological polar surface area (TPSA) is 106 Å². The molecule has 0 bridgehead atoms. The van der Waals surface area contributed by atoms with Crippen LogP contribution < -0.4 is 9.46 Å². The number of hydrogen-bond acceptors (Lipinski definition) is 6. The Morgan fingerprint density at radius 3 is 2.53 bits per heavy atom. The lowest BCUT2D eigenvalue weighted by molar-refractivity contribution is 0.0696. The molecule has 2 N–H and O–H groups in total. The van der Waals surface area contributed by atoms with E-state index in [1.165, 1.54) is 30.6 Å². The van der Waals surface area contributed by atoms with Gasteiger partial charge < -0.3 is 9.84 Å². The van der Waals surface area contributed by atoms with Crippen molar-refractivity contribution < 1.29 is 23.1 Å². The molecule has 1 aromatic heterocycles. The molecule has 0 unspecified atom stereocenters. The highest BCUT2D eigenvalue weighted by atomic mass is 32.2. The first kappa shape index (κ1) is 19.9. The monoisotopic (exact) mass is 440 g/mol.